The van der Waals surface area contributed by atoms with Gasteiger partial charge in [0.05, 0.1) is 0 Å². The van der Waals surface area contributed by atoms with Gasteiger partial charge in [-0.2, -0.15) is 0 Å². The molecule has 1 atom stereocenters. The van der Waals surface area contributed by atoms with Gasteiger partial charge in [0.2, 0.25) is 0 Å². The molecule has 2 nitrogen and oxygen atoms in total. The minimum atomic E-state index is 0.314. The van der Waals surface area contributed by atoms with Crippen molar-refractivity contribution in [2.75, 3.05) is 13.1 Å². The van der Waals surface area contributed by atoms with Crippen molar-refractivity contribution >= 4 is 0 Å². The van der Waals surface area contributed by atoms with Crippen LogP contribution < -0.4 is 5.73 Å². The molecule has 2 N–H and O–H groups in total. The van der Waals surface area contributed by atoms with Crippen molar-refractivity contribution in [1.82, 2.24) is 4.90 Å². The number of likely N-dealkylation sites (tertiary alicyclic amines) is 1. The fourth-order valence-electron chi connectivity index (χ4n) is 1.68. The third-order valence-corrected chi connectivity index (χ3v) is 3.45. The monoisotopic (exact) mass is 170 g/mol. The third kappa shape index (κ3) is 1.80. The minimum absolute atomic E-state index is 0.314. The molecule has 0 radical (unpaired) electrons. The molecule has 0 aromatic heterocycles. The van der Waals surface area contributed by atoms with Gasteiger partial charge in [-0.05, 0) is 26.2 Å². The standard InChI is InChI=1S/C10H22N2/c1-8(2)10(3,4)12-6-5-9(11)7-12/h8-9H,5-7,11H2,1-4H3. The van der Waals surface area contributed by atoms with Gasteiger partial charge >= 0.3 is 0 Å². The molecular formula is C10H22N2. The largest absolute Gasteiger partial charge is 0.326 e. The van der Waals surface area contributed by atoms with Crippen LogP contribution >= 0.6 is 0 Å². The zero-order valence-electron chi connectivity index (χ0n) is 8.80. The molecule has 1 aliphatic heterocycles. The van der Waals surface area contributed by atoms with E-state index in [2.05, 4.69) is 32.6 Å². The highest BCUT2D eigenvalue weighted by Crippen LogP contribution is 2.27. The summed E-state index contributed by atoms with van der Waals surface area (Å²) in [6, 6.07) is 0.406. The SMILES string of the molecule is CC(C)C(C)(C)N1CCC(N)C1. The molecule has 0 saturated carbocycles. The Morgan fingerprint density at radius 3 is 2.33 bits per heavy atom. The average molecular weight is 170 g/mol. The molecule has 0 bridgehead atoms. The Kier molecular flexibility index (Phi) is 2.79. The second-order valence-corrected chi connectivity index (χ2v) is 4.80. The predicted molar refractivity (Wildman–Crippen MR) is 53.1 cm³/mol. The Hall–Kier alpha value is -0.0800. The zero-order valence-corrected chi connectivity index (χ0v) is 8.80. The van der Waals surface area contributed by atoms with Gasteiger partial charge in [-0.25, -0.2) is 0 Å². The Balaban J connectivity index is 2.57. The summed E-state index contributed by atoms with van der Waals surface area (Å²) in [6.45, 7) is 11.4. The summed E-state index contributed by atoms with van der Waals surface area (Å²) in [7, 11) is 0. The van der Waals surface area contributed by atoms with Gasteiger partial charge in [0.25, 0.3) is 0 Å². The van der Waals surface area contributed by atoms with Gasteiger partial charge in [-0.15, -0.1) is 0 Å². The van der Waals surface area contributed by atoms with Crippen molar-refractivity contribution in [1.29, 1.82) is 0 Å². The summed E-state index contributed by atoms with van der Waals surface area (Å²) in [4.78, 5) is 2.52. The van der Waals surface area contributed by atoms with Crippen LogP contribution in [0, 0.1) is 5.92 Å². The van der Waals surface area contributed by atoms with Crippen LogP contribution in [0.1, 0.15) is 34.1 Å². The summed E-state index contributed by atoms with van der Waals surface area (Å²) in [5.74, 6) is 0.697. The van der Waals surface area contributed by atoms with Crippen LogP contribution in [-0.2, 0) is 0 Å². The maximum Gasteiger partial charge on any atom is 0.0180 e. The first-order valence-corrected chi connectivity index (χ1v) is 4.95. The van der Waals surface area contributed by atoms with E-state index in [1.807, 2.05) is 0 Å². The van der Waals surface area contributed by atoms with Crippen molar-refractivity contribution in [3.8, 4) is 0 Å². The average Bonchev–Trinajstić information content (AvgIpc) is 2.35. The summed E-state index contributed by atoms with van der Waals surface area (Å²) < 4.78 is 0. The van der Waals surface area contributed by atoms with Crippen LogP contribution in [0.2, 0.25) is 0 Å². The molecular weight excluding hydrogens is 148 g/mol. The van der Waals surface area contributed by atoms with Gasteiger partial charge in [0.15, 0.2) is 0 Å². The topological polar surface area (TPSA) is 29.3 Å². The Bertz CT molecular complexity index is 152. The molecule has 1 fully saturated rings. The molecule has 0 aromatic rings. The van der Waals surface area contributed by atoms with E-state index in [1.54, 1.807) is 0 Å². The Labute approximate surface area is 76.1 Å². The maximum absolute atomic E-state index is 5.88. The molecule has 1 unspecified atom stereocenters. The van der Waals surface area contributed by atoms with Crippen LogP contribution in [0.15, 0.2) is 0 Å². The quantitative estimate of drug-likeness (QED) is 0.679. The summed E-state index contributed by atoms with van der Waals surface area (Å²) in [5, 5.41) is 0. The summed E-state index contributed by atoms with van der Waals surface area (Å²) in [5.41, 5.74) is 6.19. The molecule has 0 aliphatic carbocycles. The van der Waals surface area contributed by atoms with Crippen molar-refractivity contribution in [3.63, 3.8) is 0 Å². The van der Waals surface area contributed by atoms with E-state index in [9.17, 15) is 0 Å². The van der Waals surface area contributed by atoms with Crippen LogP contribution in [0.3, 0.4) is 0 Å². The van der Waals surface area contributed by atoms with Crippen LogP contribution in [0.4, 0.5) is 0 Å². The Morgan fingerprint density at radius 2 is 2.00 bits per heavy atom. The molecule has 12 heavy (non-hydrogen) atoms. The minimum Gasteiger partial charge on any atom is -0.326 e. The number of hydrogen-bond donors (Lipinski definition) is 1. The van der Waals surface area contributed by atoms with Crippen LogP contribution in [-0.4, -0.2) is 29.6 Å². The van der Waals surface area contributed by atoms with Crippen molar-refractivity contribution in [2.45, 2.75) is 45.7 Å². The fraction of sp³-hybridized carbons (Fsp3) is 1.00. The van der Waals surface area contributed by atoms with E-state index >= 15 is 0 Å². The van der Waals surface area contributed by atoms with Crippen LogP contribution in [0.5, 0.6) is 0 Å². The molecule has 0 spiro atoms. The number of rotatable bonds is 2. The highest BCUT2D eigenvalue weighted by molar-refractivity contribution is 4.91. The van der Waals surface area contributed by atoms with Gasteiger partial charge in [0, 0.05) is 24.7 Å². The van der Waals surface area contributed by atoms with E-state index < -0.39 is 0 Å². The first-order chi connectivity index (χ1) is 5.44. The Morgan fingerprint density at radius 1 is 1.42 bits per heavy atom. The van der Waals surface area contributed by atoms with E-state index in [0.717, 1.165) is 13.0 Å². The van der Waals surface area contributed by atoms with Gasteiger partial charge in [0.1, 0.15) is 0 Å². The zero-order chi connectivity index (χ0) is 9.35. The second-order valence-electron chi connectivity index (χ2n) is 4.80. The van der Waals surface area contributed by atoms with Crippen LogP contribution in [0.25, 0.3) is 0 Å². The maximum atomic E-state index is 5.88. The first-order valence-electron chi connectivity index (χ1n) is 4.95. The lowest BCUT2D eigenvalue weighted by Gasteiger charge is -2.39. The highest BCUT2D eigenvalue weighted by Gasteiger charge is 2.34. The van der Waals surface area contributed by atoms with Gasteiger partial charge < -0.3 is 5.73 Å². The van der Waals surface area contributed by atoms with E-state index in [1.165, 1.54) is 6.54 Å². The van der Waals surface area contributed by atoms with Gasteiger partial charge in [-0.1, -0.05) is 13.8 Å². The number of hydrogen-bond acceptors (Lipinski definition) is 2. The second kappa shape index (κ2) is 3.35. The lowest BCUT2D eigenvalue weighted by Crippen LogP contribution is -2.47. The molecule has 1 aliphatic rings. The highest BCUT2D eigenvalue weighted by atomic mass is 15.2. The molecule has 0 aromatic carbocycles. The normalized spacial score (nSPS) is 27.0. The lowest BCUT2D eigenvalue weighted by atomic mass is 9.89. The number of nitrogens with two attached hydrogens (primary N) is 1. The molecule has 2 heteroatoms. The molecule has 1 rings (SSSR count). The van der Waals surface area contributed by atoms with Gasteiger partial charge in [-0.3, -0.25) is 4.90 Å². The number of nitrogens with zero attached hydrogens (tertiary/aromatic N) is 1. The molecule has 1 saturated heterocycles. The van der Waals surface area contributed by atoms with Crippen molar-refractivity contribution in [2.24, 2.45) is 11.7 Å². The summed E-state index contributed by atoms with van der Waals surface area (Å²) in [6.07, 6.45) is 1.16. The first kappa shape index (κ1) is 10.0. The molecule has 0 amide bonds. The predicted octanol–water partition coefficient (Wildman–Crippen LogP) is 1.45. The molecule has 1 heterocycles. The van der Waals surface area contributed by atoms with E-state index in [-0.39, 0.29) is 0 Å². The smallest absolute Gasteiger partial charge is 0.0180 e. The third-order valence-electron chi connectivity index (χ3n) is 3.45. The van der Waals surface area contributed by atoms with Crippen molar-refractivity contribution in [3.05, 3.63) is 0 Å². The van der Waals surface area contributed by atoms with E-state index in [4.69, 9.17) is 5.73 Å². The summed E-state index contributed by atoms with van der Waals surface area (Å²) >= 11 is 0. The van der Waals surface area contributed by atoms with E-state index in [0.29, 0.717) is 17.5 Å². The van der Waals surface area contributed by atoms with Crippen molar-refractivity contribution < 1.29 is 0 Å². The fourth-order valence-corrected chi connectivity index (χ4v) is 1.68. The molecule has 72 valence electrons. The lowest BCUT2D eigenvalue weighted by molar-refractivity contribution is 0.103.